The van der Waals surface area contributed by atoms with Gasteiger partial charge in [-0.15, -0.1) is 5.10 Å². The molecule has 1 atom stereocenters. The van der Waals surface area contributed by atoms with E-state index < -0.39 is 12.0 Å². The van der Waals surface area contributed by atoms with Crippen LogP contribution in [0.2, 0.25) is 0 Å². The molecule has 0 aliphatic rings. The van der Waals surface area contributed by atoms with E-state index in [-0.39, 0.29) is 11.5 Å². The van der Waals surface area contributed by atoms with E-state index in [1.165, 1.54) is 16.9 Å². The summed E-state index contributed by atoms with van der Waals surface area (Å²) in [6.07, 6.45) is 1.28. The molecular weight excluding hydrogens is 225 g/mol. The molecule has 0 amide bonds. The van der Waals surface area contributed by atoms with E-state index in [1.807, 2.05) is 0 Å². The standard InChI is InChI=1S/C11H10FN3O2/c1-7(8-4-2-3-5-9(8)12)15-6-10(11(16)17)13-14-15/h2-7H,1H3,(H,16,17). The molecule has 1 N–H and O–H groups in total. The van der Waals surface area contributed by atoms with E-state index in [2.05, 4.69) is 10.3 Å². The number of carbonyl (C=O) groups is 1. The maximum absolute atomic E-state index is 13.5. The normalized spacial score (nSPS) is 12.4. The molecule has 6 heteroatoms. The molecule has 2 rings (SSSR count). The Morgan fingerprint density at radius 2 is 2.18 bits per heavy atom. The lowest BCUT2D eigenvalue weighted by Gasteiger charge is -2.11. The monoisotopic (exact) mass is 235 g/mol. The maximum Gasteiger partial charge on any atom is 0.358 e. The summed E-state index contributed by atoms with van der Waals surface area (Å²) in [5.41, 5.74) is 0.280. The topological polar surface area (TPSA) is 68.0 Å². The second-order valence-electron chi connectivity index (χ2n) is 3.59. The fourth-order valence-electron chi connectivity index (χ4n) is 1.52. The van der Waals surface area contributed by atoms with Gasteiger partial charge >= 0.3 is 5.97 Å². The highest BCUT2D eigenvalue weighted by Crippen LogP contribution is 2.19. The lowest BCUT2D eigenvalue weighted by Crippen LogP contribution is -2.09. The van der Waals surface area contributed by atoms with Crippen molar-refractivity contribution in [3.63, 3.8) is 0 Å². The van der Waals surface area contributed by atoms with E-state index in [0.717, 1.165) is 0 Å². The Labute approximate surface area is 96.5 Å². The van der Waals surface area contributed by atoms with Gasteiger partial charge in [-0.3, -0.25) is 0 Å². The quantitative estimate of drug-likeness (QED) is 0.879. The van der Waals surface area contributed by atoms with Crippen LogP contribution in [0.4, 0.5) is 4.39 Å². The average molecular weight is 235 g/mol. The largest absolute Gasteiger partial charge is 0.476 e. The minimum Gasteiger partial charge on any atom is -0.476 e. The SMILES string of the molecule is CC(c1ccccc1F)n1cc(C(=O)O)nn1. The van der Waals surface area contributed by atoms with Crippen molar-refractivity contribution in [1.29, 1.82) is 0 Å². The predicted molar refractivity (Wildman–Crippen MR) is 57.2 cm³/mol. The summed E-state index contributed by atoms with van der Waals surface area (Å²) < 4.78 is 14.8. The number of aromatic nitrogens is 3. The summed E-state index contributed by atoms with van der Waals surface area (Å²) in [5.74, 6) is -1.51. The van der Waals surface area contributed by atoms with Crippen LogP contribution in [0, 0.1) is 5.82 Å². The lowest BCUT2D eigenvalue weighted by molar-refractivity contribution is 0.0690. The van der Waals surface area contributed by atoms with Gasteiger partial charge in [0.05, 0.1) is 12.2 Å². The van der Waals surface area contributed by atoms with Crippen LogP contribution in [-0.4, -0.2) is 26.1 Å². The fraction of sp³-hybridized carbons (Fsp3) is 0.182. The second-order valence-corrected chi connectivity index (χ2v) is 3.59. The zero-order valence-electron chi connectivity index (χ0n) is 9.04. The van der Waals surface area contributed by atoms with Gasteiger partial charge in [-0.2, -0.15) is 0 Å². The molecule has 0 aliphatic carbocycles. The predicted octanol–water partition coefficient (Wildman–Crippen LogP) is 1.72. The molecule has 1 heterocycles. The zero-order chi connectivity index (χ0) is 12.4. The van der Waals surface area contributed by atoms with Crippen molar-refractivity contribution < 1.29 is 14.3 Å². The van der Waals surface area contributed by atoms with Crippen LogP contribution in [0.3, 0.4) is 0 Å². The highest BCUT2D eigenvalue weighted by atomic mass is 19.1. The number of nitrogens with zero attached hydrogens (tertiary/aromatic N) is 3. The van der Waals surface area contributed by atoms with Crippen LogP contribution >= 0.6 is 0 Å². The van der Waals surface area contributed by atoms with E-state index in [1.54, 1.807) is 25.1 Å². The molecule has 5 nitrogen and oxygen atoms in total. The number of carboxylic acids is 1. The molecule has 2 aromatic rings. The van der Waals surface area contributed by atoms with E-state index >= 15 is 0 Å². The number of rotatable bonds is 3. The highest BCUT2D eigenvalue weighted by molar-refractivity contribution is 5.84. The lowest BCUT2D eigenvalue weighted by atomic mass is 10.1. The van der Waals surface area contributed by atoms with Gasteiger partial charge in [0.2, 0.25) is 0 Å². The number of halogens is 1. The molecule has 0 radical (unpaired) electrons. The Bertz CT molecular complexity index is 553. The minimum absolute atomic E-state index is 0.159. The summed E-state index contributed by atoms with van der Waals surface area (Å²) in [6, 6.07) is 5.87. The van der Waals surface area contributed by atoms with Crippen LogP contribution in [0.15, 0.2) is 30.5 Å². The third-order valence-electron chi connectivity index (χ3n) is 2.48. The van der Waals surface area contributed by atoms with Gasteiger partial charge in [-0.25, -0.2) is 13.9 Å². The summed E-state index contributed by atoms with van der Waals surface area (Å²) in [4.78, 5) is 10.7. The van der Waals surface area contributed by atoms with E-state index in [0.29, 0.717) is 5.56 Å². The van der Waals surface area contributed by atoms with Gasteiger partial charge in [0.15, 0.2) is 5.69 Å². The van der Waals surface area contributed by atoms with Crippen molar-refractivity contribution in [1.82, 2.24) is 15.0 Å². The molecular formula is C11H10FN3O2. The molecule has 0 spiro atoms. The van der Waals surface area contributed by atoms with Crippen molar-refractivity contribution in [2.45, 2.75) is 13.0 Å². The molecule has 0 fully saturated rings. The van der Waals surface area contributed by atoms with Crippen molar-refractivity contribution >= 4 is 5.97 Å². The van der Waals surface area contributed by atoms with Crippen LogP contribution in [0.1, 0.15) is 29.0 Å². The molecule has 1 aromatic heterocycles. The Balaban J connectivity index is 2.34. The van der Waals surface area contributed by atoms with Crippen molar-refractivity contribution in [3.8, 4) is 0 Å². The Kier molecular flexibility index (Phi) is 2.86. The van der Waals surface area contributed by atoms with E-state index in [4.69, 9.17) is 5.11 Å². The minimum atomic E-state index is -1.16. The van der Waals surface area contributed by atoms with E-state index in [9.17, 15) is 9.18 Å². The molecule has 17 heavy (non-hydrogen) atoms. The summed E-state index contributed by atoms with van der Waals surface area (Å²) >= 11 is 0. The van der Waals surface area contributed by atoms with Gasteiger partial charge < -0.3 is 5.11 Å². The van der Waals surface area contributed by atoms with Gasteiger partial charge in [0.25, 0.3) is 0 Å². The van der Waals surface area contributed by atoms with Crippen molar-refractivity contribution in [2.24, 2.45) is 0 Å². The third kappa shape index (κ3) is 2.15. The summed E-state index contributed by atoms with van der Waals surface area (Å²) in [6.45, 7) is 1.72. The smallest absolute Gasteiger partial charge is 0.358 e. The van der Waals surface area contributed by atoms with Crippen LogP contribution in [0.25, 0.3) is 0 Å². The van der Waals surface area contributed by atoms with Gasteiger partial charge in [-0.05, 0) is 13.0 Å². The fourth-order valence-corrected chi connectivity index (χ4v) is 1.52. The first-order chi connectivity index (χ1) is 8.09. The molecule has 0 aliphatic heterocycles. The van der Waals surface area contributed by atoms with Crippen molar-refractivity contribution in [3.05, 3.63) is 47.5 Å². The van der Waals surface area contributed by atoms with Crippen LogP contribution < -0.4 is 0 Å². The molecule has 1 unspecified atom stereocenters. The Morgan fingerprint density at radius 3 is 2.76 bits per heavy atom. The summed E-state index contributed by atoms with van der Waals surface area (Å²) in [7, 11) is 0. The first kappa shape index (κ1) is 11.3. The molecule has 88 valence electrons. The number of hydrogen-bond acceptors (Lipinski definition) is 3. The zero-order valence-corrected chi connectivity index (χ0v) is 9.04. The molecule has 1 aromatic carbocycles. The van der Waals surface area contributed by atoms with Crippen molar-refractivity contribution in [2.75, 3.05) is 0 Å². The highest BCUT2D eigenvalue weighted by Gasteiger charge is 2.16. The molecule has 0 bridgehead atoms. The molecule has 0 saturated heterocycles. The number of benzene rings is 1. The maximum atomic E-state index is 13.5. The first-order valence-corrected chi connectivity index (χ1v) is 4.99. The molecule has 0 saturated carbocycles. The van der Waals surface area contributed by atoms with Crippen LogP contribution in [0.5, 0.6) is 0 Å². The first-order valence-electron chi connectivity index (χ1n) is 4.99. The third-order valence-corrected chi connectivity index (χ3v) is 2.48. The summed E-state index contributed by atoms with van der Waals surface area (Å²) in [5, 5.41) is 15.9. The average Bonchev–Trinajstić information content (AvgIpc) is 2.78. The van der Waals surface area contributed by atoms with Gasteiger partial charge in [0, 0.05) is 5.56 Å². The Hall–Kier alpha value is -2.24. The second kappa shape index (κ2) is 4.32. The van der Waals surface area contributed by atoms with Crippen LogP contribution in [-0.2, 0) is 0 Å². The van der Waals surface area contributed by atoms with Gasteiger partial charge in [-0.1, -0.05) is 23.4 Å². The number of carboxylic acid groups (broad SMARTS) is 1. The Morgan fingerprint density at radius 1 is 1.47 bits per heavy atom. The van der Waals surface area contributed by atoms with Gasteiger partial charge in [0.1, 0.15) is 5.82 Å². The number of aromatic carboxylic acids is 1. The number of hydrogen-bond donors (Lipinski definition) is 1.